The molecular formula is C21H32N2O3. The van der Waals surface area contributed by atoms with Crippen molar-refractivity contribution in [3.05, 3.63) is 39.0 Å². The predicted octanol–water partition coefficient (Wildman–Crippen LogP) is 3.95. The summed E-state index contributed by atoms with van der Waals surface area (Å²) in [4.78, 5) is 25.5. The minimum Gasteiger partial charge on any atom is -0.492 e. The Balaban J connectivity index is 2.59. The summed E-state index contributed by atoms with van der Waals surface area (Å²) in [5.41, 5.74) is 0.129. The van der Waals surface area contributed by atoms with Gasteiger partial charge in [-0.05, 0) is 24.0 Å². The van der Waals surface area contributed by atoms with Crippen molar-refractivity contribution in [3.8, 4) is 5.75 Å². The van der Waals surface area contributed by atoms with Crippen molar-refractivity contribution in [1.82, 2.24) is 9.13 Å². The number of nitrogens with zero attached hydrogens (tertiary/aromatic N) is 2. The summed E-state index contributed by atoms with van der Waals surface area (Å²) in [5.74, 6) is 1.44. The number of hydrogen-bond acceptors (Lipinski definition) is 3. The van der Waals surface area contributed by atoms with E-state index in [1.807, 2.05) is 18.2 Å². The van der Waals surface area contributed by atoms with Gasteiger partial charge in [-0.1, -0.05) is 59.4 Å². The van der Waals surface area contributed by atoms with Crippen molar-refractivity contribution in [2.45, 2.75) is 59.9 Å². The first-order chi connectivity index (χ1) is 12.5. The summed E-state index contributed by atoms with van der Waals surface area (Å²) in [6.07, 6.45) is 4.08. The maximum atomic E-state index is 12.8. The maximum Gasteiger partial charge on any atom is 0.331 e. The van der Waals surface area contributed by atoms with Crippen LogP contribution < -0.4 is 16.0 Å². The van der Waals surface area contributed by atoms with Gasteiger partial charge in [-0.3, -0.25) is 13.9 Å². The molecule has 0 aliphatic carbocycles. The minimum absolute atomic E-state index is 0.258. The van der Waals surface area contributed by atoms with Crippen LogP contribution in [0.25, 0.3) is 10.9 Å². The van der Waals surface area contributed by atoms with E-state index in [9.17, 15) is 9.59 Å². The number of benzene rings is 1. The predicted molar refractivity (Wildman–Crippen MR) is 107 cm³/mol. The van der Waals surface area contributed by atoms with Crippen molar-refractivity contribution < 1.29 is 4.74 Å². The first-order valence-corrected chi connectivity index (χ1v) is 9.83. The molecule has 0 saturated carbocycles. The highest BCUT2D eigenvalue weighted by Gasteiger charge is 2.17. The Hall–Kier alpha value is -2.04. The van der Waals surface area contributed by atoms with Gasteiger partial charge < -0.3 is 4.74 Å². The highest BCUT2D eigenvalue weighted by atomic mass is 16.5. The summed E-state index contributed by atoms with van der Waals surface area (Å²) < 4.78 is 8.96. The third kappa shape index (κ3) is 4.02. The van der Waals surface area contributed by atoms with Crippen LogP contribution >= 0.6 is 0 Å². The Labute approximate surface area is 155 Å². The van der Waals surface area contributed by atoms with Crippen LogP contribution in [0.4, 0.5) is 0 Å². The molecule has 1 heterocycles. The monoisotopic (exact) mass is 360 g/mol. The number of ether oxygens (including phenoxy) is 1. The fourth-order valence-electron chi connectivity index (χ4n) is 3.33. The molecule has 1 aromatic carbocycles. The highest BCUT2D eigenvalue weighted by Crippen LogP contribution is 2.24. The van der Waals surface area contributed by atoms with E-state index in [1.165, 1.54) is 4.57 Å². The fourth-order valence-corrected chi connectivity index (χ4v) is 3.33. The third-order valence-corrected chi connectivity index (χ3v) is 5.56. The molecule has 26 heavy (non-hydrogen) atoms. The number of aromatic nitrogens is 2. The molecule has 0 bridgehead atoms. The third-order valence-electron chi connectivity index (χ3n) is 5.56. The van der Waals surface area contributed by atoms with Crippen LogP contribution in [0.3, 0.4) is 0 Å². The van der Waals surface area contributed by atoms with E-state index in [4.69, 9.17) is 4.74 Å². The topological polar surface area (TPSA) is 53.2 Å². The number of fused-ring (bicyclic) bond motifs is 1. The zero-order valence-corrected chi connectivity index (χ0v) is 16.7. The Kier molecular flexibility index (Phi) is 7.06. The molecule has 144 valence electrons. The smallest absolute Gasteiger partial charge is 0.331 e. The van der Waals surface area contributed by atoms with Gasteiger partial charge in [0.1, 0.15) is 11.1 Å². The van der Waals surface area contributed by atoms with Gasteiger partial charge in [0, 0.05) is 13.6 Å². The van der Waals surface area contributed by atoms with Crippen LogP contribution in [0.5, 0.6) is 5.75 Å². The zero-order valence-electron chi connectivity index (χ0n) is 16.7. The van der Waals surface area contributed by atoms with Gasteiger partial charge in [0.05, 0.1) is 12.1 Å². The lowest BCUT2D eigenvalue weighted by Gasteiger charge is -2.19. The molecule has 0 fully saturated rings. The average Bonchev–Trinajstić information content (AvgIpc) is 2.67. The molecule has 0 aliphatic heterocycles. The summed E-state index contributed by atoms with van der Waals surface area (Å²) in [6, 6.07) is 5.55. The van der Waals surface area contributed by atoms with E-state index >= 15 is 0 Å². The molecule has 0 unspecified atom stereocenters. The van der Waals surface area contributed by atoms with Crippen LogP contribution in [0.1, 0.15) is 53.4 Å². The van der Waals surface area contributed by atoms with Gasteiger partial charge in [-0.15, -0.1) is 0 Å². The fraction of sp³-hybridized carbons (Fsp3) is 0.619. The molecule has 0 saturated heterocycles. The molecule has 2 rings (SSSR count). The van der Waals surface area contributed by atoms with Gasteiger partial charge in [0.15, 0.2) is 0 Å². The van der Waals surface area contributed by atoms with Gasteiger partial charge in [-0.25, -0.2) is 4.79 Å². The second-order valence-corrected chi connectivity index (χ2v) is 7.08. The van der Waals surface area contributed by atoms with E-state index in [-0.39, 0.29) is 11.2 Å². The average molecular weight is 360 g/mol. The Morgan fingerprint density at radius 2 is 1.58 bits per heavy atom. The first-order valence-electron chi connectivity index (χ1n) is 9.83. The Morgan fingerprint density at radius 1 is 0.962 bits per heavy atom. The van der Waals surface area contributed by atoms with E-state index in [1.54, 1.807) is 11.6 Å². The van der Waals surface area contributed by atoms with Crippen molar-refractivity contribution >= 4 is 10.9 Å². The standard InChI is InChI=1S/C21H32N2O3/c1-6-15(7-2)13-23-17-11-10-12-18(26-14-16(8-3)9-4)19(17)20(24)22(5)21(23)25/h10-12,15-16H,6-9,13-14H2,1-5H3. The molecule has 0 amide bonds. The van der Waals surface area contributed by atoms with E-state index in [0.717, 1.165) is 25.7 Å². The summed E-state index contributed by atoms with van der Waals surface area (Å²) in [6.45, 7) is 9.76. The van der Waals surface area contributed by atoms with Gasteiger partial charge in [-0.2, -0.15) is 0 Å². The lowest BCUT2D eigenvalue weighted by atomic mass is 10.0. The number of hydrogen-bond donors (Lipinski definition) is 0. The van der Waals surface area contributed by atoms with Crippen molar-refractivity contribution in [2.75, 3.05) is 6.61 Å². The molecule has 0 atom stereocenters. The molecule has 5 nitrogen and oxygen atoms in total. The summed E-state index contributed by atoms with van der Waals surface area (Å²) in [7, 11) is 1.55. The van der Waals surface area contributed by atoms with E-state index in [0.29, 0.717) is 41.6 Å². The zero-order chi connectivity index (χ0) is 19.3. The molecule has 2 aromatic rings. The lowest BCUT2D eigenvalue weighted by molar-refractivity contribution is 0.243. The molecule has 0 aliphatic rings. The summed E-state index contributed by atoms with van der Waals surface area (Å²) in [5, 5.41) is 0.506. The van der Waals surface area contributed by atoms with Gasteiger partial charge >= 0.3 is 5.69 Å². The van der Waals surface area contributed by atoms with E-state index in [2.05, 4.69) is 27.7 Å². The van der Waals surface area contributed by atoms with Gasteiger partial charge in [0.25, 0.3) is 5.56 Å². The minimum atomic E-state index is -0.286. The van der Waals surface area contributed by atoms with Crippen molar-refractivity contribution in [2.24, 2.45) is 18.9 Å². The lowest BCUT2D eigenvalue weighted by Crippen LogP contribution is -2.39. The van der Waals surface area contributed by atoms with Crippen LogP contribution in [-0.2, 0) is 13.6 Å². The van der Waals surface area contributed by atoms with Crippen LogP contribution in [0.15, 0.2) is 27.8 Å². The first kappa shape index (κ1) is 20.3. The molecule has 0 radical (unpaired) electrons. The Morgan fingerprint density at radius 3 is 2.15 bits per heavy atom. The SMILES string of the molecule is CCC(CC)COc1cccc2c1c(=O)n(C)c(=O)n2CC(CC)CC. The van der Waals surface area contributed by atoms with Gasteiger partial charge in [0.2, 0.25) is 0 Å². The second-order valence-electron chi connectivity index (χ2n) is 7.08. The quantitative estimate of drug-likeness (QED) is 0.680. The molecule has 1 aromatic heterocycles. The highest BCUT2D eigenvalue weighted by molar-refractivity contribution is 5.84. The second kappa shape index (κ2) is 9.06. The van der Waals surface area contributed by atoms with Crippen molar-refractivity contribution in [3.63, 3.8) is 0 Å². The Bertz CT molecular complexity index is 843. The van der Waals surface area contributed by atoms with Crippen LogP contribution in [0, 0.1) is 11.8 Å². The number of rotatable bonds is 9. The maximum absolute atomic E-state index is 12.8. The molecule has 5 heteroatoms. The van der Waals surface area contributed by atoms with Crippen molar-refractivity contribution in [1.29, 1.82) is 0 Å². The van der Waals surface area contributed by atoms with Crippen LogP contribution in [-0.4, -0.2) is 15.7 Å². The molecule has 0 N–H and O–H groups in total. The van der Waals surface area contributed by atoms with E-state index < -0.39 is 0 Å². The molecule has 0 spiro atoms. The summed E-state index contributed by atoms with van der Waals surface area (Å²) >= 11 is 0. The molecular weight excluding hydrogens is 328 g/mol. The van der Waals surface area contributed by atoms with Crippen LogP contribution in [0.2, 0.25) is 0 Å². The largest absolute Gasteiger partial charge is 0.492 e. The normalized spacial score (nSPS) is 11.7.